The molecule has 0 spiro atoms. The Morgan fingerprint density at radius 3 is 2.51 bits per heavy atom. The molecule has 2 heterocycles. The van der Waals surface area contributed by atoms with Crippen LogP contribution in [-0.2, 0) is 20.7 Å². The Hall–Kier alpha value is -3.61. The fourth-order valence-electron chi connectivity index (χ4n) is 5.13. The van der Waals surface area contributed by atoms with E-state index in [1.54, 1.807) is 37.3 Å². The van der Waals surface area contributed by atoms with E-state index in [0.717, 1.165) is 0 Å². The van der Waals surface area contributed by atoms with Crippen LogP contribution in [0.2, 0.25) is 0 Å². The van der Waals surface area contributed by atoms with E-state index in [4.69, 9.17) is 4.74 Å². The number of likely N-dealkylation sites (tertiary alicyclic amines) is 1. The van der Waals surface area contributed by atoms with Gasteiger partial charge in [0.15, 0.2) is 6.10 Å². The average molecular weight is 575 g/mol. The Bertz CT molecular complexity index is 1230. The highest BCUT2D eigenvalue weighted by atomic mass is 19.3. The number of aliphatic hydroxyl groups is 1. The number of rotatable bonds is 10. The summed E-state index contributed by atoms with van der Waals surface area (Å²) in [6, 6.07) is 10.5. The lowest BCUT2D eigenvalue weighted by molar-refractivity contribution is -0.147. The summed E-state index contributed by atoms with van der Waals surface area (Å²) in [6.07, 6.45) is -2.78. The van der Waals surface area contributed by atoms with Crippen LogP contribution in [-0.4, -0.2) is 108 Å². The highest BCUT2D eigenvalue weighted by Gasteiger charge is 2.51. The molecule has 10 nitrogen and oxygen atoms in total. The van der Waals surface area contributed by atoms with Crippen molar-refractivity contribution in [2.45, 2.75) is 43.9 Å². The number of aromatic hydroxyl groups is 1. The van der Waals surface area contributed by atoms with Crippen LogP contribution in [0, 0.1) is 6.92 Å². The van der Waals surface area contributed by atoms with E-state index in [9.17, 15) is 33.4 Å². The molecular formula is C29H36F2N4O6. The van der Waals surface area contributed by atoms with Gasteiger partial charge in [0.2, 0.25) is 5.91 Å². The van der Waals surface area contributed by atoms with E-state index in [2.05, 4.69) is 15.5 Å². The van der Waals surface area contributed by atoms with E-state index in [1.807, 2.05) is 0 Å². The van der Waals surface area contributed by atoms with Gasteiger partial charge in [-0.1, -0.05) is 36.4 Å². The van der Waals surface area contributed by atoms with Crippen molar-refractivity contribution in [3.8, 4) is 5.75 Å². The highest BCUT2D eigenvalue weighted by molar-refractivity contribution is 5.97. The molecule has 0 saturated carbocycles. The van der Waals surface area contributed by atoms with Crippen molar-refractivity contribution in [3.63, 3.8) is 0 Å². The molecule has 4 rings (SSSR count). The number of aliphatic hydroxyl groups excluding tert-OH is 1. The van der Waals surface area contributed by atoms with Gasteiger partial charge in [0.05, 0.1) is 25.8 Å². The first-order valence-electron chi connectivity index (χ1n) is 13.6. The maximum absolute atomic E-state index is 14.5. The number of amides is 3. The molecule has 0 bridgehead atoms. The summed E-state index contributed by atoms with van der Waals surface area (Å²) in [5, 5.41) is 26.5. The third-order valence-electron chi connectivity index (χ3n) is 7.49. The Balaban J connectivity index is 1.49. The largest absolute Gasteiger partial charge is 0.508 e. The lowest BCUT2D eigenvalue weighted by Crippen LogP contribution is -2.56. The number of alkyl halides is 2. The number of nitrogens with one attached hydrogen (secondary N) is 2. The first-order valence-corrected chi connectivity index (χ1v) is 13.6. The van der Waals surface area contributed by atoms with Crippen molar-refractivity contribution in [1.82, 2.24) is 20.4 Å². The fraction of sp³-hybridized carbons (Fsp3) is 0.483. The summed E-state index contributed by atoms with van der Waals surface area (Å²) < 4.78 is 34.4. The Morgan fingerprint density at radius 2 is 1.80 bits per heavy atom. The average Bonchev–Trinajstić information content (AvgIpc) is 3.29. The topological polar surface area (TPSA) is 131 Å². The van der Waals surface area contributed by atoms with Crippen LogP contribution >= 0.6 is 0 Å². The van der Waals surface area contributed by atoms with Gasteiger partial charge in [0.25, 0.3) is 17.7 Å². The second kappa shape index (κ2) is 13.4. The number of carbonyl (C=O) groups excluding carboxylic acids is 3. The van der Waals surface area contributed by atoms with E-state index >= 15 is 0 Å². The smallest absolute Gasteiger partial charge is 0.267 e. The minimum Gasteiger partial charge on any atom is -0.508 e. The Labute approximate surface area is 237 Å². The van der Waals surface area contributed by atoms with E-state index < -0.39 is 54.8 Å². The summed E-state index contributed by atoms with van der Waals surface area (Å²) in [7, 11) is 0. The normalized spacial score (nSPS) is 20.3. The van der Waals surface area contributed by atoms with Gasteiger partial charge in [-0.15, -0.1) is 0 Å². The van der Waals surface area contributed by atoms with Crippen molar-refractivity contribution in [3.05, 3.63) is 65.2 Å². The number of ether oxygens (including phenoxy) is 1. The van der Waals surface area contributed by atoms with Gasteiger partial charge in [-0.2, -0.15) is 0 Å². The molecule has 2 saturated heterocycles. The predicted octanol–water partition coefficient (Wildman–Crippen LogP) is 1.09. The molecule has 3 atom stereocenters. The van der Waals surface area contributed by atoms with Crippen LogP contribution in [0.5, 0.6) is 5.75 Å². The van der Waals surface area contributed by atoms with Gasteiger partial charge in [0.1, 0.15) is 11.8 Å². The molecule has 2 aromatic carbocycles. The van der Waals surface area contributed by atoms with Crippen molar-refractivity contribution in [2.75, 3.05) is 45.9 Å². The minimum atomic E-state index is -3.32. The second-order valence-corrected chi connectivity index (χ2v) is 10.5. The monoisotopic (exact) mass is 574 g/mol. The Morgan fingerprint density at radius 1 is 1.10 bits per heavy atom. The molecule has 2 aliphatic rings. The number of hydrogen-bond acceptors (Lipinski definition) is 7. The minimum absolute atomic E-state index is 0.0119. The first kappa shape index (κ1) is 30.4. The standard InChI is InChI=1S/C29H36F2N4O6/c1-19-21(8-5-9-24(19)36)26(38)33-22(16-20-6-3-2-4-7-20)25(37)28(40)35-18-29(30,31)17-23(35)27(39)32-10-11-34-12-14-41-15-13-34/h2-9,22-23,25,36-37H,10-18H2,1H3,(H,32,39)(H,33,38). The molecule has 2 aromatic rings. The van der Waals surface area contributed by atoms with Gasteiger partial charge < -0.3 is 30.5 Å². The van der Waals surface area contributed by atoms with Crippen LogP contribution in [0.3, 0.4) is 0 Å². The number of hydrogen-bond donors (Lipinski definition) is 4. The molecule has 0 aromatic heterocycles. The molecule has 4 N–H and O–H groups in total. The zero-order valence-corrected chi connectivity index (χ0v) is 22.9. The van der Waals surface area contributed by atoms with Crippen molar-refractivity contribution in [1.29, 1.82) is 0 Å². The number of phenols is 1. The number of phenolic OH excluding ortho intramolecular Hbond substituents is 1. The lowest BCUT2D eigenvalue weighted by atomic mass is 9.98. The summed E-state index contributed by atoms with van der Waals surface area (Å²) in [4.78, 5) is 42.4. The summed E-state index contributed by atoms with van der Waals surface area (Å²) >= 11 is 0. The molecule has 2 aliphatic heterocycles. The molecule has 3 unspecified atom stereocenters. The van der Waals surface area contributed by atoms with Crippen LogP contribution in [0.15, 0.2) is 48.5 Å². The van der Waals surface area contributed by atoms with Crippen LogP contribution in [0.1, 0.15) is 27.9 Å². The van der Waals surface area contributed by atoms with Crippen LogP contribution in [0.4, 0.5) is 8.78 Å². The molecule has 2 fully saturated rings. The molecule has 222 valence electrons. The number of morpholine rings is 1. The first-order chi connectivity index (χ1) is 19.6. The third kappa shape index (κ3) is 7.78. The van der Waals surface area contributed by atoms with Gasteiger partial charge in [-0.3, -0.25) is 19.3 Å². The van der Waals surface area contributed by atoms with E-state index in [1.165, 1.54) is 18.2 Å². The number of nitrogens with zero attached hydrogens (tertiary/aromatic N) is 2. The van der Waals surface area contributed by atoms with Crippen molar-refractivity contribution < 1.29 is 38.1 Å². The number of benzene rings is 2. The summed E-state index contributed by atoms with van der Waals surface area (Å²) in [5.41, 5.74) is 1.12. The highest BCUT2D eigenvalue weighted by Crippen LogP contribution is 2.33. The SMILES string of the molecule is Cc1c(O)cccc1C(=O)NC(Cc1ccccc1)C(O)C(=O)N1CC(F)(F)CC1C(=O)NCCN1CCOCC1. The zero-order chi connectivity index (χ0) is 29.6. The molecule has 3 amide bonds. The van der Waals surface area contributed by atoms with Gasteiger partial charge in [-0.05, 0) is 31.0 Å². The number of halogens is 2. The molecular weight excluding hydrogens is 538 g/mol. The maximum Gasteiger partial charge on any atom is 0.267 e. The fourth-order valence-corrected chi connectivity index (χ4v) is 5.13. The molecule has 12 heteroatoms. The summed E-state index contributed by atoms with van der Waals surface area (Å²) in [5.74, 6) is -5.89. The predicted molar refractivity (Wildman–Crippen MR) is 146 cm³/mol. The van der Waals surface area contributed by atoms with E-state index in [-0.39, 0.29) is 24.3 Å². The third-order valence-corrected chi connectivity index (χ3v) is 7.49. The van der Waals surface area contributed by atoms with Gasteiger partial charge in [0, 0.05) is 43.7 Å². The maximum atomic E-state index is 14.5. The van der Waals surface area contributed by atoms with Crippen molar-refractivity contribution >= 4 is 17.7 Å². The van der Waals surface area contributed by atoms with Crippen LogP contribution in [0.25, 0.3) is 0 Å². The molecule has 0 aliphatic carbocycles. The summed E-state index contributed by atoms with van der Waals surface area (Å²) in [6.45, 7) is 3.80. The van der Waals surface area contributed by atoms with Crippen molar-refractivity contribution in [2.24, 2.45) is 0 Å². The zero-order valence-electron chi connectivity index (χ0n) is 22.9. The van der Waals surface area contributed by atoms with Crippen LogP contribution < -0.4 is 10.6 Å². The van der Waals surface area contributed by atoms with E-state index in [0.29, 0.717) is 48.9 Å². The van der Waals surface area contributed by atoms with Gasteiger partial charge in [-0.25, -0.2) is 8.78 Å². The lowest BCUT2D eigenvalue weighted by Gasteiger charge is -2.30. The Kier molecular flexibility index (Phi) is 9.90. The quantitative estimate of drug-likeness (QED) is 0.334. The number of carbonyl (C=O) groups is 3. The molecule has 41 heavy (non-hydrogen) atoms. The second-order valence-electron chi connectivity index (χ2n) is 10.5. The molecule has 0 radical (unpaired) electrons. The van der Waals surface area contributed by atoms with Gasteiger partial charge >= 0.3 is 0 Å².